The molecule has 0 aliphatic carbocycles. The van der Waals surface area contributed by atoms with E-state index in [-0.39, 0.29) is 0 Å². The van der Waals surface area contributed by atoms with E-state index < -0.39 is 11.7 Å². The maximum absolute atomic E-state index is 12.6. The largest absolute Gasteiger partial charge is 0.416 e. The molecule has 0 bridgehead atoms. The van der Waals surface area contributed by atoms with Crippen molar-refractivity contribution in [1.82, 2.24) is 4.90 Å². The van der Waals surface area contributed by atoms with Gasteiger partial charge >= 0.3 is 6.18 Å². The number of halogens is 3. The Labute approximate surface area is 137 Å². The molecule has 1 nitrogen and oxygen atoms in total. The average molecular weight is 327 g/mol. The fraction of sp³-hybridized carbons (Fsp3) is 0.684. The number of likely N-dealkylation sites (tertiary alicyclic amines) is 1. The normalized spacial score (nSPS) is 19.0. The van der Waals surface area contributed by atoms with Crippen molar-refractivity contribution in [3.05, 3.63) is 35.4 Å². The zero-order valence-electron chi connectivity index (χ0n) is 14.3. The van der Waals surface area contributed by atoms with Gasteiger partial charge in [0.1, 0.15) is 0 Å². The maximum Gasteiger partial charge on any atom is 0.416 e. The molecule has 1 aromatic carbocycles. The van der Waals surface area contributed by atoms with Gasteiger partial charge in [0, 0.05) is 6.54 Å². The summed E-state index contributed by atoms with van der Waals surface area (Å²) in [5, 5.41) is 0. The Morgan fingerprint density at radius 1 is 0.957 bits per heavy atom. The summed E-state index contributed by atoms with van der Waals surface area (Å²) in [4.78, 5) is 2.38. The van der Waals surface area contributed by atoms with Crippen LogP contribution in [-0.2, 0) is 12.7 Å². The van der Waals surface area contributed by atoms with Crippen LogP contribution in [0.5, 0.6) is 0 Å². The topological polar surface area (TPSA) is 3.24 Å². The molecule has 0 N–H and O–H groups in total. The Balaban J connectivity index is 1.91. The molecular weight excluding hydrogens is 299 g/mol. The van der Waals surface area contributed by atoms with E-state index in [1.165, 1.54) is 50.7 Å². The lowest BCUT2D eigenvalue weighted by Crippen LogP contribution is -2.39. The van der Waals surface area contributed by atoms with Crippen molar-refractivity contribution < 1.29 is 13.2 Å². The van der Waals surface area contributed by atoms with Gasteiger partial charge in [-0.1, -0.05) is 38.8 Å². The summed E-state index contributed by atoms with van der Waals surface area (Å²) in [6.07, 6.45) is 3.26. The van der Waals surface area contributed by atoms with Gasteiger partial charge < -0.3 is 0 Å². The van der Waals surface area contributed by atoms with Crippen LogP contribution in [0.3, 0.4) is 0 Å². The Kier molecular flexibility index (Phi) is 6.12. The molecule has 4 heteroatoms. The highest BCUT2D eigenvalue weighted by molar-refractivity contribution is 5.24. The summed E-state index contributed by atoms with van der Waals surface area (Å²) in [5.41, 5.74) is 0.904. The lowest BCUT2D eigenvalue weighted by Gasteiger charge is -2.42. The van der Waals surface area contributed by atoms with Gasteiger partial charge in [0.05, 0.1) is 5.56 Å². The number of alkyl halides is 3. The molecule has 0 radical (unpaired) electrons. The van der Waals surface area contributed by atoms with Crippen LogP contribution >= 0.6 is 0 Å². The highest BCUT2D eigenvalue weighted by atomic mass is 19.4. The van der Waals surface area contributed by atoms with Crippen molar-refractivity contribution >= 4 is 0 Å². The fourth-order valence-corrected chi connectivity index (χ4v) is 3.93. The first-order valence-corrected chi connectivity index (χ1v) is 8.77. The second-order valence-electron chi connectivity index (χ2n) is 6.97. The lowest BCUT2D eigenvalue weighted by atomic mass is 9.72. The molecule has 0 amide bonds. The van der Waals surface area contributed by atoms with E-state index in [1.807, 2.05) is 0 Å². The minimum Gasteiger partial charge on any atom is -0.299 e. The number of nitrogens with zero attached hydrogens (tertiary/aromatic N) is 1. The van der Waals surface area contributed by atoms with Crippen LogP contribution in [0.25, 0.3) is 0 Å². The predicted octanol–water partition coefficient (Wildman–Crippen LogP) is 5.89. The van der Waals surface area contributed by atoms with Crippen molar-refractivity contribution in [3.8, 4) is 0 Å². The Hall–Kier alpha value is -1.03. The zero-order chi connectivity index (χ0) is 16.9. The van der Waals surface area contributed by atoms with E-state index in [0.717, 1.165) is 25.2 Å². The molecule has 1 heterocycles. The van der Waals surface area contributed by atoms with Gasteiger partial charge in [0.2, 0.25) is 0 Å². The van der Waals surface area contributed by atoms with Gasteiger partial charge in [0.25, 0.3) is 0 Å². The Morgan fingerprint density at radius 3 is 1.91 bits per heavy atom. The van der Waals surface area contributed by atoms with Crippen molar-refractivity contribution in [2.24, 2.45) is 5.41 Å². The lowest BCUT2D eigenvalue weighted by molar-refractivity contribution is -0.137. The molecule has 130 valence electrons. The van der Waals surface area contributed by atoms with Crippen molar-refractivity contribution in [3.63, 3.8) is 0 Å². The Bertz CT molecular complexity index is 462. The zero-order valence-corrected chi connectivity index (χ0v) is 14.3. The van der Waals surface area contributed by atoms with E-state index in [4.69, 9.17) is 0 Å². The molecular formula is C19H28F3N. The summed E-state index contributed by atoms with van der Waals surface area (Å²) >= 11 is 0. The van der Waals surface area contributed by atoms with Crippen LogP contribution in [0.1, 0.15) is 63.5 Å². The van der Waals surface area contributed by atoms with Gasteiger partial charge in [-0.2, -0.15) is 13.2 Å². The second-order valence-corrected chi connectivity index (χ2v) is 6.97. The SMILES string of the molecule is CCCC1(CCC)CCN(Cc2ccc(C(F)(F)F)cc2)CC1. The second kappa shape index (κ2) is 7.69. The molecule has 2 rings (SSSR count). The van der Waals surface area contributed by atoms with E-state index >= 15 is 0 Å². The quantitative estimate of drug-likeness (QED) is 0.630. The molecule has 0 saturated carbocycles. The minimum atomic E-state index is -4.25. The van der Waals surface area contributed by atoms with E-state index in [1.54, 1.807) is 12.1 Å². The van der Waals surface area contributed by atoms with Crippen molar-refractivity contribution in [1.29, 1.82) is 0 Å². The number of rotatable bonds is 6. The smallest absolute Gasteiger partial charge is 0.299 e. The highest BCUT2D eigenvalue weighted by Crippen LogP contribution is 2.40. The summed E-state index contributed by atoms with van der Waals surface area (Å²) in [6.45, 7) is 7.38. The van der Waals surface area contributed by atoms with Crippen molar-refractivity contribution in [2.45, 2.75) is 65.1 Å². The Morgan fingerprint density at radius 2 is 1.48 bits per heavy atom. The first kappa shape index (κ1) is 18.3. The first-order chi connectivity index (χ1) is 10.9. The number of hydrogen-bond acceptors (Lipinski definition) is 1. The molecule has 1 saturated heterocycles. The van der Waals surface area contributed by atoms with Crippen LogP contribution < -0.4 is 0 Å². The maximum atomic E-state index is 12.6. The van der Waals surface area contributed by atoms with Gasteiger partial charge in [-0.15, -0.1) is 0 Å². The predicted molar refractivity (Wildman–Crippen MR) is 88.2 cm³/mol. The summed E-state index contributed by atoms with van der Waals surface area (Å²) in [5.74, 6) is 0. The molecule has 0 unspecified atom stereocenters. The number of benzene rings is 1. The van der Waals surface area contributed by atoms with Gasteiger partial charge in [-0.3, -0.25) is 4.90 Å². The average Bonchev–Trinajstić information content (AvgIpc) is 2.50. The van der Waals surface area contributed by atoms with Crippen LogP contribution in [0.15, 0.2) is 24.3 Å². The molecule has 0 spiro atoms. The van der Waals surface area contributed by atoms with Gasteiger partial charge in [-0.25, -0.2) is 0 Å². The number of piperidine rings is 1. The van der Waals surface area contributed by atoms with Crippen LogP contribution in [0, 0.1) is 5.41 Å². The van der Waals surface area contributed by atoms with E-state index in [2.05, 4.69) is 18.7 Å². The molecule has 1 fully saturated rings. The van der Waals surface area contributed by atoms with Gasteiger partial charge in [-0.05, 0) is 61.9 Å². The van der Waals surface area contributed by atoms with Crippen LogP contribution in [-0.4, -0.2) is 18.0 Å². The third kappa shape index (κ3) is 4.97. The summed E-state index contributed by atoms with van der Waals surface area (Å²) in [6, 6.07) is 5.61. The third-order valence-electron chi connectivity index (χ3n) is 5.16. The van der Waals surface area contributed by atoms with Crippen molar-refractivity contribution in [2.75, 3.05) is 13.1 Å². The van der Waals surface area contributed by atoms with Crippen LogP contribution in [0.2, 0.25) is 0 Å². The summed E-state index contributed by atoms with van der Waals surface area (Å²) < 4.78 is 37.8. The standard InChI is InChI=1S/C19H28F3N/c1-3-9-18(10-4-2)11-13-23(14-12-18)15-16-5-7-17(8-6-16)19(20,21)22/h5-8H,3-4,9-15H2,1-2H3. The van der Waals surface area contributed by atoms with E-state index in [0.29, 0.717) is 5.41 Å². The fourth-order valence-electron chi connectivity index (χ4n) is 3.93. The molecule has 1 aliphatic heterocycles. The molecule has 1 aliphatic rings. The van der Waals surface area contributed by atoms with Crippen LogP contribution in [0.4, 0.5) is 13.2 Å². The molecule has 0 atom stereocenters. The first-order valence-electron chi connectivity index (χ1n) is 8.77. The third-order valence-corrected chi connectivity index (χ3v) is 5.16. The minimum absolute atomic E-state index is 0.500. The highest BCUT2D eigenvalue weighted by Gasteiger charge is 2.33. The monoisotopic (exact) mass is 327 g/mol. The molecule has 1 aromatic rings. The number of hydrogen-bond donors (Lipinski definition) is 0. The van der Waals surface area contributed by atoms with Gasteiger partial charge in [0.15, 0.2) is 0 Å². The molecule has 0 aromatic heterocycles. The summed E-state index contributed by atoms with van der Waals surface area (Å²) in [7, 11) is 0. The molecule has 23 heavy (non-hydrogen) atoms. The van der Waals surface area contributed by atoms with E-state index in [9.17, 15) is 13.2 Å².